The zero-order chi connectivity index (χ0) is 16.8. The van der Waals surface area contributed by atoms with Crippen molar-refractivity contribution < 1.29 is 14.6 Å². The number of aliphatic hydroxyl groups is 1. The molecule has 1 amide bonds. The van der Waals surface area contributed by atoms with Crippen molar-refractivity contribution in [2.24, 2.45) is 5.41 Å². The molecule has 0 aromatic carbocycles. The number of amides is 1. The molecule has 0 unspecified atom stereocenters. The SMILES string of the molecule is CCC(CC)(CO)CNC1CCN(C(=O)OC(C)(C)C)CC1. The summed E-state index contributed by atoms with van der Waals surface area (Å²) < 4.78 is 5.41. The van der Waals surface area contributed by atoms with Crippen LogP contribution in [-0.2, 0) is 4.74 Å². The highest BCUT2D eigenvalue weighted by Gasteiger charge is 2.29. The number of hydrogen-bond acceptors (Lipinski definition) is 4. The van der Waals surface area contributed by atoms with Crippen LogP contribution in [-0.4, -0.2) is 54.0 Å². The second-order valence-electron chi connectivity index (χ2n) is 7.49. The fraction of sp³-hybridized carbons (Fsp3) is 0.941. The van der Waals surface area contributed by atoms with Crippen LogP contribution in [0, 0.1) is 5.41 Å². The Labute approximate surface area is 135 Å². The molecule has 1 aliphatic heterocycles. The molecule has 1 heterocycles. The van der Waals surface area contributed by atoms with Crippen molar-refractivity contribution in [2.75, 3.05) is 26.2 Å². The van der Waals surface area contributed by atoms with Gasteiger partial charge in [-0.2, -0.15) is 0 Å². The molecular weight excluding hydrogens is 280 g/mol. The molecule has 1 saturated heterocycles. The van der Waals surface area contributed by atoms with E-state index in [9.17, 15) is 9.90 Å². The molecule has 0 aromatic rings. The van der Waals surface area contributed by atoms with Crippen molar-refractivity contribution in [3.8, 4) is 0 Å². The van der Waals surface area contributed by atoms with Gasteiger partial charge in [-0.15, -0.1) is 0 Å². The first kappa shape index (κ1) is 19.2. The third-order valence-corrected chi connectivity index (χ3v) is 4.75. The molecule has 0 radical (unpaired) electrons. The number of rotatable bonds is 6. The number of piperidine rings is 1. The number of likely N-dealkylation sites (tertiary alicyclic amines) is 1. The van der Waals surface area contributed by atoms with Gasteiger partial charge in [0, 0.05) is 37.7 Å². The minimum absolute atomic E-state index is 0.0116. The highest BCUT2D eigenvalue weighted by molar-refractivity contribution is 5.68. The Morgan fingerprint density at radius 2 is 1.77 bits per heavy atom. The maximum Gasteiger partial charge on any atom is 0.410 e. The zero-order valence-corrected chi connectivity index (χ0v) is 14.9. The van der Waals surface area contributed by atoms with Crippen molar-refractivity contribution in [1.82, 2.24) is 10.2 Å². The molecule has 0 aromatic heterocycles. The molecule has 0 atom stereocenters. The van der Waals surface area contributed by atoms with Crippen molar-refractivity contribution in [3.63, 3.8) is 0 Å². The third kappa shape index (κ3) is 5.76. The topological polar surface area (TPSA) is 61.8 Å². The molecule has 5 heteroatoms. The van der Waals surface area contributed by atoms with Gasteiger partial charge in [-0.1, -0.05) is 13.8 Å². The lowest BCUT2D eigenvalue weighted by atomic mass is 9.83. The molecule has 1 fully saturated rings. The quantitative estimate of drug-likeness (QED) is 0.791. The highest BCUT2D eigenvalue weighted by Crippen LogP contribution is 2.25. The van der Waals surface area contributed by atoms with Crippen LogP contribution in [0.4, 0.5) is 4.79 Å². The smallest absolute Gasteiger partial charge is 0.410 e. The first-order valence-corrected chi connectivity index (χ1v) is 8.57. The Morgan fingerprint density at radius 1 is 1.23 bits per heavy atom. The number of nitrogens with one attached hydrogen (secondary N) is 1. The minimum Gasteiger partial charge on any atom is -0.444 e. The maximum absolute atomic E-state index is 12.0. The predicted octanol–water partition coefficient (Wildman–Crippen LogP) is 2.77. The van der Waals surface area contributed by atoms with Crippen molar-refractivity contribution >= 4 is 6.09 Å². The lowest BCUT2D eigenvalue weighted by Gasteiger charge is -2.36. The standard InChI is InChI=1S/C17H34N2O3/c1-6-17(7-2,13-20)12-18-14-8-10-19(11-9-14)15(21)22-16(3,4)5/h14,18,20H,6-13H2,1-5H3. The summed E-state index contributed by atoms with van der Waals surface area (Å²) in [6, 6.07) is 0.419. The van der Waals surface area contributed by atoms with Crippen LogP contribution >= 0.6 is 0 Å². The average molecular weight is 314 g/mol. The van der Waals surface area contributed by atoms with Crippen LogP contribution in [0.5, 0.6) is 0 Å². The van der Waals surface area contributed by atoms with Crippen LogP contribution in [0.3, 0.4) is 0 Å². The second kappa shape index (κ2) is 8.16. The summed E-state index contributed by atoms with van der Waals surface area (Å²) in [4.78, 5) is 13.8. The van der Waals surface area contributed by atoms with E-state index in [-0.39, 0.29) is 18.1 Å². The van der Waals surface area contributed by atoms with Crippen molar-refractivity contribution in [2.45, 2.75) is 71.9 Å². The first-order chi connectivity index (χ1) is 10.2. The third-order valence-electron chi connectivity index (χ3n) is 4.75. The summed E-state index contributed by atoms with van der Waals surface area (Å²) in [5.41, 5.74) is -0.447. The van der Waals surface area contributed by atoms with Gasteiger partial charge in [0.15, 0.2) is 0 Å². The van der Waals surface area contributed by atoms with Gasteiger partial charge in [-0.3, -0.25) is 0 Å². The Balaban J connectivity index is 2.38. The molecule has 0 bridgehead atoms. The van der Waals surface area contributed by atoms with E-state index in [1.165, 1.54) is 0 Å². The minimum atomic E-state index is -0.435. The molecule has 1 aliphatic rings. The van der Waals surface area contributed by atoms with Crippen molar-refractivity contribution in [3.05, 3.63) is 0 Å². The number of carbonyl (C=O) groups is 1. The maximum atomic E-state index is 12.0. The van der Waals surface area contributed by atoms with Gasteiger partial charge in [0.25, 0.3) is 0 Å². The van der Waals surface area contributed by atoms with Gasteiger partial charge < -0.3 is 20.1 Å². The van der Waals surface area contributed by atoms with E-state index in [2.05, 4.69) is 19.2 Å². The van der Waals surface area contributed by atoms with Crippen LogP contribution in [0.2, 0.25) is 0 Å². The molecule has 1 rings (SSSR count). The first-order valence-electron chi connectivity index (χ1n) is 8.57. The Hall–Kier alpha value is -0.810. The van der Waals surface area contributed by atoms with E-state index in [1.807, 2.05) is 20.8 Å². The summed E-state index contributed by atoms with van der Waals surface area (Å²) >= 11 is 0. The Bertz CT molecular complexity index is 332. The zero-order valence-electron chi connectivity index (χ0n) is 14.9. The van der Waals surface area contributed by atoms with E-state index in [0.29, 0.717) is 6.04 Å². The fourth-order valence-corrected chi connectivity index (χ4v) is 2.73. The van der Waals surface area contributed by atoms with Gasteiger partial charge in [0.05, 0.1) is 0 Å². The molecule has 2 N–H and O–H groups in total. The number of ether oxygens (including phenoxy) is 1. The molecule has 130 valence electrons. The summed E-state index contributed by atoms with van der Waals surface area (Å²) in [5, 5.41) is 13.2. The normalized spacial score (nSPS) is 17.6. The van der Waals surface area contributed by atoms with Gasteiger partial charge in [-0.25, -0.2) is 4.79 Å². The van der Waals surface area contributed by atoms with Crippen LogP contribution < -0.4 is 5.32 Å². The van der Waals surface area contributed by atoms with E-state index in [0.717, 1.165) is 45.3 Å². The van der Waals surface area contributed by atoms with Gasteiger partial charge in [-0.05, 0) is 46.5 Å². The molecule has 5 nitrogen and oxygen atoms in total. The van der Waals surface area contributed by atoms with Crippen LogP contribution in [0.1, 0.15) is 60.3 Å². The Morgan fingerprint density at radius 3 is 2.18 bits per heavy atom. The highest BCUT2D eigenvalue weighted by atomic mass is 16.6. The van der Waals surface area contributed by atoms with E-state index >= 15 is 0 Å². The van der Waals surface area contributed by atoms with Crippen LogP contribution in [0.25, 0.3) is 0 Å². The van der Waals surface area contributed by atoms with Gasteiger partial charge >= 0.3 is 6.09 Å². The van der Waals surface area contributed by atoms with E-state index in [4.69, 9.17) is 4.74 Å². The summed E-state index contributed by atoms with van der Waals surface area (Å²) in [7, 11) is 0. The number of nitrogens with zero attached hydrogens (tertiary/aromatic N) is 1. The monoisotopic (exact) mass is 314 g/mol. The molecule has 22 heavy (non-hydrogen) atoms. The number of aliphatic hydroxyl groups excluding tert-OH is 1. The second-order valence-corrected chi connectivity index (χ2v) is 7.49. The summed E-state index contributed by atoms with van der Waals surface area (Å²) in [5.74, 6) is 0. The summed E-state index contributed by atoms with van der Waals surface area (Å²) in [6.07, 6.45) is 3.62. The molecule has 0 spiro atoms. The molecule has 0 saturated carbocycles. The van der Waals surface area contributed by atoms with Gasteiger partial charge in [0.2, 0.25) is 0 Å². The largest absolute Gasteiger partial charge is 0.444 e. The fourth-order valence-electron chi connectivity index (χ4n) is 2.73. The van der Waals surface area contributed by atoms with Crippen molar-refractivity contribution in [1.29, 1.82) is 0 Å². The predicted molar refractivity (Wildman–Crippen MR) is 88.9 cm³/mol. The van der Waals surface area contributed by atoms with E-state index < -0.39 is 5.60 Å². The lowest BCUT2D eigenvalue weighted by Crippen LogP contribution is -2.49. The Kier molecular flexibility index (Phi) is 7.13. The van der Waals surface area contributed by atoms with Crippen LogP contribution in [0.15, 0.2) is 0 Å². The van der Waals surface area contributed by atoms with Gasteiger partial charge in [0.1, 0.15) is 5.60 Å². The van der Waals surface area contributed by atoms with E-state index in [1.54, 1.807) is 4.90 Å². The molecule has 0 aliphatic carbocycles. The lowest BCUT2D eigenvalue weighted by molar-refractivity contribution is 0.0192. The average Bonchev–Trinajstić information content (AvgIpc) is 2.48. The molecular formula is C17H34N2O3. The number of hydrogen-bond donors (Lipinski definition) is 2. The number of carbonyl (C=O) groups excluding carboxylic acids is 1. The summed E-state index contributed by atoms with van der Waals surface area (Å²) in [6.45, 7) is 12.5.